The van der Waals surface area contributed by atoms with Crippen molar-refractivity contribution in [1.82, 2.24) is 9.55 Å². The van der Waals surface area contributed by atoms with E-state index in [1.165, 1.54) is 19.3 Å². The van der Waals surface area contributed by atoms with Crippen LogP contribution < -0.4 is 5.73 Å². The van der Waals surface area contributed by atoms with Gasteiger partial charge >= 0.3 is 0 Å². The Morgan fingerprint density at radius 2 is 2.14 bits per heavy atom. The summed E-state index contributed by atoms with van der Waals surface area (Å²) in [4.78, 5) is 3.99. The van der Waals surface area contributed by atoms with Gasteiger partial charge in [0, 0.05) is 6.04 Å². The van der Waals surface area contributed by atoms with Gasteiger partial charge in [-0.2, -0.15) is 5.26 Å². The molecule has 1 aromatic heterocycles. The molecule has 0 amide bonds. The highest BCUT2D eigenvalue weighted by Gasteiger charge is 2.18. The van der Waals surface area contributed by atoms with Crippen molar-refractivity contribution >= 4 is 5.82 Å². The summed E-state index contributed by atoms with van der Waals surface area (Å²) < 4.78 is 1.96. The molecule has 1 heterocycles. The Bertz CT molecular complexity index is 355. The van der Waals surface area contributed by atoms with E-state index >= 15 is 0 Å². The van der Waals surface area contributed by atoms with Crippen molar-refractivity contribution in [2.45, 2.75) is 38.1 Å². The molecule has 0 spiro atoms. The molecule has 1 saturated carbocycles. The van der Waals surface area contributed by atoms with Crippen molar-refractivity contribution in [3.63, 3.8) is 0 Å². The normalized spacial score (nSPS) is 17.9. The van der Waals surface area contributed by atoms with E-state index in [4.69, 9.17) is 11.0 Å². The Morgan fingerprint density at radius 1 is 1.43 bits per heavy atom. The molecule has 0 bridgehead atoms. The number of imidazole rings is 1. The van der Waals surface area contributed by atoms with Crippen LogP contribution in [0.1, 0.15) is 43.8 Å². The number of nitrogens with zero attached hydrogens (tertiary/aromatic N) is 3. The van der Waals surface area contributed by atoms with Crippen LogP contribution >= 0.6 is 0 Å². The number of rotatable bonds is 1. The molecule has 0 aliphatic heterocycles. The molecule has 1 fully saturated rings. The topological polar surface area (TPSA) is 67.6 Å². The molecule has 2 rings (SSSR count). The highest BCUT2D eigenvalue weighted by Crippen LogP contribution is 2.30. The average Bonchev–Trinajstić information content (AvgIpc) is 2.61. The molecule has 0 aromatic carbocycles. The second-order valence-electron chi connectivity index (χ2n) is 3.79. The van der Waals surface area contributed by atoms with Crippen LogP contribution in [0.3, 0.4) is 0 Å². The van der Waals surface area contributed by atoms with Crippen molar-refractivity contribution in [1.29, 1.82) is 5.26 Å². The highest BCUT2D eigenvalue weighted by molar-refractivity contribution is 5.44. The molecule has 74 valence electrons. The summed E-state index contributed by atoms with van der Waals surface area (Å²) in [5.41, 5.74) is 6.18. The van der Waals surface area contributed by atoms with Gasteiger partial charge in [-0.25, -0.2) is 4.98 Å². The molecule has 1 aliphatic carbocycles. The molecular formula is C10H14N4. The van der Waals surface area contributed by atoms with E-state index in [0.29, 0.717) is 17.6 Å². The number of hydrogen-bond acceptors (Lipinski definition) is 3. The zero-order valence-electron chi connectivity index (χ0n) is 8.11. The van der Waals surface area contributed by atoms with Crippen LogP contribution in [0.5, 0.6) is 0 Å². The molecule has 1 aliphatic rings. The van der Waals surface area contributed by atoms with Crippen molar-refractivity contribution in [2.24, 2.45) is 0 Å². The van der Waals surface area contributed by atoms with E-state index in [0.717, 1.165) is 12.8 Å². The summed E-state index contributed by atoms with van der Waals surface area (Å²) in [6, 6.07) is 2.45. The maximum absolute atomic E-state index is 8.72. The molecule has 4 heteroatoms. The summed E-state index contributed by atoms with van der Waals surface area (Å²) >= 11 is 0. The molecule has 14 heavy (non-hydrogen) atoms. The minimum absolute atomic E-state index is 0.357. The second-order valence-corrected chi connectivity index (χ2v) is 3.79. The number of anilines is 1. The lowest BCUT2D eigenvalue weighted by atomic mass is 9.95. The van der Waals surface area contributed by atoms with E-state index in [1.54, 1.807) is 6.33 Å². The van der Waals surface area contributed by atoms with E-state index in [-0.39, 0.29) is 0 Å². The third-order valence-corrected chi connectivity index (χ3v) is 2.91. The monoisotopic (exact) mass is 190 g/mol. The van der Waals surface area contributed by atoms with Crippen LogP contribution in [0.25, 0.3) is 0 Å². The minimum Gasteiger partial charge on any atom is -0.383 e. The van der Waals surface area contributed by atoms with Gasteiger partial charge in [0.1, 0.15) is 11.9 Å². The summed E-state index contributed by atoms with van der Waals surface area (Å²) in [6.45, 7) is 0. The third-order valence-electron chi connectivity index (χ3n) is 2.91. The van der Waals surface area contributed by atoms with Gasteiger partial charge in [-0.3, -0.25) is 0 Å². The van der Waals surface area contributed by atoms with Crippen molar-refractivity contribution in [3.8, 4) is 6.07 Å². The Kier molecular flexibility index (Phi) is 2.40. The molecule has 1 aromatic rings. The van der Waals surface area contributed by atoms with Gasteiger partial charge in [-0.1, -0.05) is 19.3 Å². The Morgan fingerprint density at radius 3 is 2.71 bits per heavy atom. The van der Waals surface area contributed by atoms with Gasteiger partial charge < -0.3 is 10.3 Å². The largest absolute Gasteiger partial charge is 0.383 e. The molecule has 0 unspecified atom stereocenters. The molecule has 0 saturated heterocycles. The van der Waals surface area contributed by atoms with Crippen LogP contribution in [-0.4, -0.2) is 9.55 Å². The minimum atomic E-state index is 0.357. The fourth-order valence-corrected chi connectivity index (χ4v) is 2.11. The quantitative estimate of drug-likeness (QED) is 0.734. The molecule has 2 N–H and O–H groups in total. The van der Waals surface area contributed by atoms with Crippen molar-refractivity contribution in [3.05, 3.63) is 12.0 Å². The number of nitriles is 1. The van der Waals surface area contributed by atoms with Crippen LogP contribution in [0.15, 0.2) is 6.33 Å². The molecule has 0 atom stereocenters. The number of aromatic nitrogens is 2. The van der Waals surface area contributed by atoms with Crippen LogP contribution in [0.4, 0.5) is 5.82 Å². The van der Waals surface area contributed by atoms with Crippen LogP contribution in [0.2, 0.25) is 0 Å². The SMILES string of the molecule is N#Cc1ncn(C2CCCCC2)c1N. The predicted molar refractivity (Wildman–Crippen MR) is 53.5 cm³/mol. The van der Waals surface area contributed by atoms with Crippen molar-refractivity contribution in [2.75, 3.05) is 5.73 Å². The first-order valence-corrected chi connectivity index (χ1v) is 5.05. The van der Waals surface area contributed by atoms with E-state index in [1.807, 2.05) is 10.6 Å². The lowest BCUT2D eigenvalue weighted by molar-refractivity contribution is 0.356. The summed E-state index contributed by atoms with van der Waals surface area (Å²) in [6.07, 6.45) is 7.84. The lowest BCUT2D eigenvalue weighted by Crippen LogP contribution is -2.14. The van der Waals surface area contributed by atoms with Gasteiger partial charge in [-0.15, -0.1) is 0 Å². The van der Waals surface area contributed by atoms with Gasteiger partial charge in [0.2, 0.25) is 0 Å². The molecule has 0 radical (unpaired) electrons. The van der Waals surface area contributed by atoms with E-state index < -0.39 is 0 Å². The first-order valence-electron chi connectivity index (χ1n) is 5.05. The van der Waals surface area contributed by atoms with Crippen LogP contribution in [0, 0.1) is 11.3 Å². The maximum Gasteiger partial charge on any atom is 0.182 e. The zero-order valence-corrected chi connectivity index (χ0v) is 8.11. The molecular weight excluding hydrogens is 176 g/mol. The summed E-state index contributed by atoms with van der Waals surface area (Å²) in [7, 11) is 0. The number of hydrogen-bond donors (Lipinski definition) is 1. The zero-order chi connectivity index (χ0) is 9.97. The number of nitrogens with two attached hydrogens (primary N) is 1. The maximum atomic E-state index is 8.72. The van der Waals surface area contributed by atoms with Gasteiger partial charge in [0.25, 0.3) is 0 Å². The second kappa shape index (κ2) is 3.70. The first kappa shape index (κ1) is 9.07. The Balaban J connectivity index is 2.23. The fourth-order valence-electron chi connectivity index (χ4n) is 2.11. The van der Waals surface area contributed by atoms with Crippen LogP contribution in [-0.2, 0) is 0 Å². The average molecular weight is 190 g/mol. The highest BCUT2D eigenvalue weighted by atomic mass is 15.1. The number of nitrogen functional groups attached to an aromatic ring is 1. The van der Waals surface area contributed by atoms with E-state index in [2.05, 4.69) is 4.98 Å². The fraction of sp³-hybridized carbons (Fsp3) is 0.600. The predicted octanol–water partition coefficient (Wildman–Crippen LogP) is 1.84. The van der Waals surface area contributed by atoms with Gasteiger partial charge in [0.15, 0.2) is 5.69 Å². The van der Waals surface area contributed by atoms with Crippen molar-refractivity contribution < 1.29 is 0 Å². The van der Waals surface area contributed by atoms with Gasteiger partial charge in [-0.05, 0) is 12.8 Å². The summed E-state index contributed by atoms with van der Waals surface area (Å²) in [5.74, 6) is 0.527. The Labute approximate surface area is 83.4 Å². The summed E-state index contributed by atoms with van der Waals surface area (Å²) in [5, 5.41) is 8.72. The first-order chi connectivity index (χ1) is 6.83. The lowest BCUT2D eigenvalue weighted by Gasteiger charge is -2.23. The molecule has 4 nitrogen and oxygen atoms in total. The van der Waals surface area contributed by atoms with E-state index in [9.17, 15) is 0 Å². The smallest absolute Gasteiger partial charge is 0.182 e. The standard InChI is InChI=1S/C10H14N4/c11-6-9-10(12)14(7-13-9)8-4-2-1-3-5-8/h7-8H,1-5,12H2. The van der Waals surface area contributed by atoms with Gasteiger partial charge in [0.05, 0.1) is 6.33 Å². The third kappa shape index (κ3) is 1.46. The Hall–Kier alpha value is -1.50.